The van der Waals surface area contributed by atoms with Gasteiger partial charge in [-0.15, -0.1) is 0 Å². The molecule has 0 saturated carbocycles. The lowest BCUT2D eigenvalue weighted by Gasteiger charge is -2.06. The second kappa shape index (κ2) is 5.93. The summed E-state index contributed by atoms with van der Waals surface area (Å²) in [6.45, 7) is 0. The first-order valence-corrected chi connectivity index (χ1v) is 7.06. The van der Waals surface area contributed by atoms with Gasteiger partial charge in [-0.3, -0.25) is 4.21 Å². The van der Waals surface area contributed by atoms with Gasteiger partial charge in [-0.25, -0.2) is 8.78 Å². The minimum absolute atomic E-state index is 0.0150. The van der Waals surface area contributed by atoms with Gasteiger partial charge >= 0.3 is 0 Å². The van der Waals surface area contributed by atoms with Crippen molar-refractivity contribution in [2.45, 2.75) is 11.3 Å². The lowest BCUT2D eigenvalue weighted by atomic mass is 10.2. The average Bonchev–Trinajstić information content (AvgIpc) is 2.36. The number of anilines is 1. The van der Waals surface area contributed by atoms with E-state index in [1.54, 1.807) is 0 Å². The normalized spacial score (nSPS) is 12.3. The van der Waals surface area contributed by atoms with Crippen LogP contribution in [0.2, 0.25) is 0 Å². The molecule has 1 unspecified atom stereocenters. The summed E-state index contributed by atoms with van der Waals surface area (Å²) in [6, 6.07) is 11.3. The third kappa shape index (κ3) is 3.38. The zero-order valence-corrected chi connectivity index (χ0v) is 10.9. The number of benzene rings is 2. The molecule has 1 atom stereocenters. The largest absolute Gasteiger partial charge is 0.399 e. The predicted octanol–water partition coefficient (Wildman–Crippen LogP) is 2.90. The van der Waals surface area contributed by atoms with E-state index in [0.29, 0.717) is 6.42 Å². The van der Waals surface area contributed by atoms with Crippen LogP contribution in [0.25, 0.3) is 0 Å². The molecule has 0 amide bonds. The van der Waals surface area contributed by atoms with E-state index in [1.165, 1.54) is 0 Å². The molecule has 0 heterocycles. The summed E-state index contributed by atoms with van der Waals surface area (Å²) in [4.78, 5) is -0.398. The van der Waals surface area contributed by atoms with Crippen molar-refractivity contribution >= 4 is 16.5 Å². The average molecular weight is 281 g/mol. The first kappa shape index (κ1) is 13.7. The third-order valence-electron chi connectivity index (χ3n) is 2.67. The zero-order chi connectivity index (χ0) is 13.8. The van der Waals surface area contributed by atoms with Crippen molar-refractivity contribution in [1.82, 2.24) is 0 Å². The van der Waals surface area contributed by atoms with Gasteiger partial charge in [-0.05, 0) is 24.1 Å². The number of nitrogen functional groups attached to an aromatic ring is 1. The van der Waals surface area contributed by atoms with Gasteiger partial charge in [0.25, 0.3) is 0 Å². The van der Waals surface area contributed by atoms with Gasteiger partial charge < -0.3 is 5.73 Å². The van der Waals surface area contributed by atoms with Crippen LogP contribution >= 0.6 is 0 Å². The molecule has 0 bridgehead atoms. The van der Waals surface area contributed by atoms with Gasteiger partial charge in [0.1, 0.15) is 16.5 Å². The fourth-order valence-electron chi connectivity index (χ4n) is 1.75. The van der Waals surface area contributed by atoms with E-state index >= 15 is 0 Å². The fraction of sp³-hybridized carbons (Fsp3) is 0.143. The monoisotopic (exact) mass is 281 g/mol. The summed E-state index contributed by atoms with van der Waals surface area (Å²) >= 11 is 0. The summed E-state index contributed by atoms with van der Waals surface area (Å²) < 4.78 is 39.1. The summed E-state index contributed by atoms with van der Waals surface area (Å²) in [5, 5.41) is 0. The zero-order valence-electron chi connectivity index (χ0n) is 10.1. The van der Waals surface area contributed by atoms with Crippen molar-refractivity contribution in [2.75, 3.05) is 11.5 Å². The topological polar surface area (TPSA) is 43.1 Å². The molecule has 2 nitrogen and oxygen atoms in total. The molecule has 0 aromatic heterocycles. The van der Waals surface area contributed by atoms with Crippen LogP contribution in [0.3, 0.4) is 0 Å². The molecule has 19 heavy (non-hydrogen) atoms. The first-order valence-electron chi connectivity index (χ1n) is 5.75. The van der Waals surface area contributed by atoms with Gasteiger partial charge in [0, 0.05) is 11.4 Å². The minimum Gasteiger partial charge on any atom is -0.399 e. The Balaban J connectivity index is 2.13. The molecule has 2 rings (SSSR count). The van der Waals surface area contributed by atoms with Crippen LogP contribution in [0.1, 0.15) is 5.56 Å². The quantitative estimate of drug-likeness (QED) is 0.876. The Morgan fingerprint density at radius 3 is 2.21 bits per heavy atom. The summed E-state index contributed by atoms with van der Waals surface area (Å²) in [6.07, 6.45) is 0.497. The van der Waals surface area contributed by atoms with Crippen LogP contribution in [0.4, 0.5) is 14.5 Å². The SMILES string of the molecule is Nc1cc(F)c(S(=O)CCc2ccccc2)c(F)c1. The second-order valence-electron chi connectivity index (χ2n) is 4.10. The van der Waals surface area contributed by atoms with Gasteiger partial charge in [0.2, 0.25) is 0 Å². The highest BCUT2D eigenvalue weighted by atomic mass is 32.2. The summed E-state index contributed by atoms with van der Waals surface area (Å²) in [5.74, 6) is -1.55. The Kier molecular flexibility index (Phi) is 4.27. The van der Waals surface area contributed by atoms with E-state index < -0.39 is 27.3 Å². The molecule has 0 saturated heterocycles. The maximum atomic E-state index is 13.6. The van der Waals surface area contributed by atoms with Crippen LogP contribution in [0.5, 0.6) is 0 Å². The Labute approximate surface area is 112 Å². The van der Waals surface area contributed by atoms with Crippen molar-refractivity contribution in [3.05, 3.63) is 59.7 Å². The molecule has 2 N–H and O–H groups in total. The van der Waals surface area contributed by atoms with E-state index in [0.717, 1.165) is 17.7 Å². The lowest BCUT2D eigenvalue weighted by molar-refractivity contribution is 0.535. The number of hydrogen-bond donors (Lipinski definition) is 1. The first-order chi connectivity index (χ1) is 9.08. The van der Waals surface area contributed by atoms with E-state index in [-0.39, 0.29) is 11.4 Å². The van der Waals surface area contributed by atoms with Crippen molar-refractivity contribution in [1.29, 1.82) is 0 Å². The molecule has 0 aliphatic carbocycles. The number of hydrogen-bond acceptors (Lipinski definition) is 2. The predicted molar refractivity (Wildman–Crippen MR) is 72.2 cm³/mol. The summed E-state index contributed by atoms with van der Waals surface area (Å²) in [5.41, 5.74) is 6.28. The van der Waals surface area contributed by atoms with Crippen molar-refractivity contribution in [2.24, 2.45) is 0 Å². The van der Waals surface area contributed by atoms with Gasteiger partial charge in [0.05, 0.1) is 10.8 Å². The molecule has 2 aromatic carbocycles. The van der Waals surface area contributed by atoms with Crippen LogP contribution in [-0.2, 0) is 17.2 Å². The van der Waals surface area contributed by atoms with E-state index in [9.17, 15) is 13.0 Å². The maximum absolute atomic E-state index is 13.6. The highest BCUT2D eigenvalue weighted by Gasteiger charge is 2.16. The van der Waals surface area contributed by atoms with Gasteiger partial charge in [-0.2, -0.15) is 0 Å². The Hall–Kier alpha value is -1.75. The molecule has 0 fully saturated rings. The van der Waals surface area contributed by atoms with Crippen LogP contribution in [0, 0.1) is 11.6 Å². The molecule has 0 spiro atoms. The number of rotatable bonds is 4. The number of aryl methyl sites for hydroxylation is 1. The highest BCUT2D eigenvalue weighted by molar-refractivity contribution is 7.85. The van der Waals surface area contributed by atoms with Crippen LogP contribution in [-0.4, -0.2) is 9.96 Å². The number of halogens is 2. The molecule has 5 heteroatoms. The Bertz CT molecular complexity index is 579. The molecule has 100 valence electrons. The van der Waals surface area contributed by atoms with Crippen molar-refractivity contribution in [3.63, 3.8) is 0 Å². The van der Waals surface area contributed by atoms with Crippen LogP contribution in [0.15, 0.2) is 47.4 Å². The molecular weight excluding hydrogens is 268 g/mol. The molecule has 0 aliphatic heterocycles. The highest BCUT2D eigenvalue weighted by Crippen LogP contribution is 2.21. The maximum Gasteiger partial charge on any atom is 0.144 e. The van der Waals surface area contributed by atoms with E-state index in [4.69, 9.17) is 5.73 Å². The van der Waals surface area contributed by atoms with Crippen molar-refractivity contribution in [3.8, 4) is 0 Å². The van der Waals surface area contributed by atoms with E-state index in [2.05, 4.69) is 0 Å². The standard InChI is InChI=1S/C14H13F2NOS/c15-12-8-11(17)9-13(16)14(12)19(18)7-6-10-4-2-1-3-5-10/h1-5,8-9H,6-7,17H2. The fourth-order valence-corrected chi connectivity index (χ4v) is 2.93. The molecule has 0 aliphatic rings. The third-order valence-corrected chi connectivity index (χ3v) is 4.09. The van der Waals surface area contributed by atoms with Gasteiger partial charge in [-0.1, -0.05) is 30.3 Å². The second-order valence-corrected chi connectivity index (χ2v) is 5.61. The lowest BCUT2D eigenvalue weighted by Crippen LogP contribution is -2.07. The molecular formula is C14H13F2NOS. The molecule has 0 radical (unpaired) electrons. The van der Waals surface area contributed by atoms with Crippen LogP contribution < -0.4 is 5.73 Å². The number of nitrogens with two attached hydrogens (primary N) is 1. The summed E-state index contributed by atoms with van der Waals surface area (Å²) in [7, 11) is -1.72. The van der Waals surface area contributed by atoms with E-state index in [1.807, 2.05) is 30.3 Å². The minimum atomic E-state index is -1.72. The van der Waals surface area contributed by atoms with Crippen molar-refractivity contribution < 1.29 is 13.0 Å². The van der Waals surface area contributed by atoms with Gasteiger partial charge in [0.15, 0.2) is 0 Å². The Morgan fingerprint density at radius 2 is 1.63 bits per heavy atom. The smallest absolute Gasteiger partial charge is 0.144 e. The molecule has 2 aromatic rings. The Morgan fingerprint density at radius 1 is 1.05 bits per heavy atom.